The molecule has 1 unspecified atom stereocenters. The summed E-state index contributed by atoms with van der Waals surface area (Å²) >= 11 is 0. The molecule has 0 spiro atoms. The number of carbonyl (C=O) groups is 1. The molecule has 1 aliphatic rings. The maximum atomic E-state index is 13.5. The molecule has 0 aliphatic carbocycles. The molecule has 1 atom stereocenters. The van der Waals surface area contributed by atoms with Crippen LogP contribution in [-0.2, 0) is 11.8 Å². The van der Waals surface area contributed by atoms with Crippen LogP contribution in [0.15, 0.2) is 30.5 Å². The zero-order valence-electron chi connectivity index (χ0n) is 14.4. The number of rotatable bonds is 2. The van der Waals surface area contributed by atoms with E-state index >= 15 is 0 Å². The molecule has 0 radical (unpaired) electrons. The summed E-state index contributed by atoms with van der Waals surface area (Å²) < 4.78 is 21.1. The fraction of sp³-hybridized carbons (Fsp3) is 0.444. The molecular weight excluding hydrogens is 309 g/mol. The molecule has 1 aliphatic heterocycles. The Kier molecular flexibility index (Phi) is 4.17. The molecule has 128 valence electrons. The fourth-order valence-corrected chi connectivity index (χ4v) is 2.97. The molecule has 6 heteroatoms. The van der Waals surface area contributed by atoms with E-state index < -0.39 is 5.54 Å². The third-order valence-electron chi connectivity index (χ3n) is 4.65. The first-order valence-corrected chi connectivity index (χ1v) is 7.97. The van der Waals surface area contributed by atoms with E-state index in [1.165, 1.54) is 12.1 Å². The van der Waals surface area contributed by atoms with Gasteiger partial charge in [-0.3, -0.25) is 9.48 Å². The van der Waals surface area contributed by atoms with Crippen molar-refractivity contribution in [2.75, 3.05) is 13.2 Å². The number of nitrogens with zero attached hydrogens (tertiary/aromatic N) is 3. The Hall–Kier alpha value is -2.21. The van der Waals surface area contributed by atoms with Crippen molar-refractivity contribution in [3.63, 3.8) is 0 Å². The number of aryl methyl sites for hydroxylation is 1. The van der Waals surface area contributed by atoms with Crippen LogP contribution >= 0.6 is 0 Å². The zero-order valence-corrected chi connectivity index (χ0v) is 14.4. The molecule has 24 heavy (non-hydrogen) atoms. The van der Waals surface area contributed by atoms with E-state index in [2.05, 4.69) is 5.10 Å². The average Bonchev–Trinajstić information content (AvgIpc) is 2.86. The highest BCUT2D eigenvalue weighted by atomic mass is 19.1. The van der Waals surface area contributed by atoms with Crippen molar-refractivity contribution in [1.82, 2.24) is 14.7 Å². The van der Waals surface area contributed by atoms with Crippen molar-refractivity contribution in [2.45, 2.75) is 32.4 Å². The van der Waals surface area contributed by atoms with Gasteiger partial charge in [-0.2, -0.15) is 5.10 Å². The summed E-state index contributed by atoms with van der Waals surface area (Å²) in [5.41, 5.74) is 1.71. The number of amides is 1. The van der Waals surface area contributed by atoms with Crippen molar-refractivity contribution < 1.29 is 13.9 Å². The van der Waals surface area contributed by atoms with E-state index in [-0.39, 0.29) is 17.8 Å². The largest absolute Gasteiger partial charge is 0.369 e. The molecule has 0 N–H and O–H groups in total. The van der Waals surface area contributed by atoms with Crippen LogP contribution in [0.5, 0.6) is 0 Å². The summed E-state index contributed by atoms with van der Waals surface area (Å²) in [4.78, 5) is 14.8. The lowest BCUT2D eigenvalue weighted by Crippen LogP contribution is -2.56. The molecule has 0 saturated carbocycles. The number of morpholine rings is 1. The van der Waals surface area contributed by atoms with Gasteiger partial charge in [0.2, 0.25) is 0 Å². The Morgan fingerprint density at radius 3 is 2.79 bits per heavy atom. The highest BCUT2D eigenvalue weighted by Gasteiger charge is 2.39. The second kappa shape index (κ2) is 6.02. The van der Waals surface area contributed by atoms with Crippen LogP contribution in [-0.4, -0.2) is 39.3 Å². The predicted molar refractivity (Wildman–Crippen MR) is 88.2 cm³/mol. The molecule has 2 aromatic rings. The van der Waals surface area contributed by atoms with Gasteiger partial charge in [-0.1, -0.05) is 12.1 Å². The molecular formula is C18H22FN3O2. The third kappa shape index (κ3) is 2.94. The predicted octanol–water partition coefficient (Wildman–Crippen LogP) is 2.86. The van der Waals surface area contributed by atoms with Crippen molar-refractivity contribution in [1.29, 1.82) is 0 Å². The van der Waals surface area contributed by atoms with Crippen molar-refractivity contribution in [3.8, 4) is 0 Å². The number of benzene rings is 1. The number of hydrogen-bond acceptors (Lipinski definition) is 3. The minimum atomic E-state index is -0.441. The summed E-state index contributed by atoms with van der Waals surface area (Å²) in [5.74, 6) is -0.378. The number of halogens is 1. The molecule has 1 fully saturated rings. The van der Waals surface area contributed by atoms with E-state index in [0.29, 0.717) is 18.7 Å². The minimum Gasteiger partial charge on any atom is -0.369 e. The summed E-state index contributed by atoms with van der Waals surface area (Å²) in [5, 5.41) is 4.16. The Morgan fingerprint density at radius 1 is 1.42 bits per heavy atom. The van der Waals surface area contributed by atoms with E-state index in [4.69, 9.17) is 4.74 Å². The third-order valence-corrected chi connectivity index (χ3v) is 4.65. The van der Waals surface area contributed by atoms with Gasteiger partial charge in [-0.25, -0.2) is 4.39 Å². The molecule has 5 nitrogen and oxygen atoms in total. The first kappa shape index (κ1) is 16.6. The van der Waals surface area contributed by atoms with Crippen LogP contribution in [0, 0.1) is 12.7 Å². The molecule has 1 saturated heterocycles. The lowest BCUT2D eigenvalue weighted by molar-refractivity contribution is -0.0847. The van der Waals surface area contributed by atoms with E-state index in [9.17, 15) is 9.18 Å². The lowest BCUT2D eigenvalue weighted by Gasteiger charge is -2.45. The Labute approximate surface area is 141 Å². The van der Waals surface area contributed by atoms with Gasteiger partial charge < -0.3 is 9.64 Å². The van der Waals surface area contributed by atoms with Crippen LogP contribution in [0.2, 0.25) is 0 Å². The summed E-state index contributed by atoms with van der Waals surface area (Å²) in [6.45, 7) is 6.58. The number of hydrogen-bond donors (Lipinski definition) is 0. The van der Waals surface area contributed by atoms with E-state index in [0.717, 1.165) is 11.3 Å². The fourth-order valence-electron chi connectivity index (χ4n) is 2.97. The van der Waals surface area contributed by atoms with Crippen LogP contribution in [0.3, 0.4) is 0 Å². The Balaban J connectivity index is 1.89. The molecule has 2 heterocycles. The van der Waals surface area contributed by atoms with Gasteiger partial charge in [0, 0.05) is 12.7 Å². The number of carbonyl (C=O) groups excluding carboxylic acids is 1. The van der Waals surface area contributed by atoms with Gasteiger partial charge in [0.15, 0.2) is 0 Å². The normalized spacial score (nSPS) is 20.2. The van der Waals surface area contributed by atoms with Crippen molar-refractivity contribution in [3.05, 3.63) is 53.1 Å². The summed E-state index contributed by atoms with van der Waals surface area (Å²) in [6.07, 6.45) is 1.26. The minimum absolute atomic E-state index is 0.0738. The highest BCUT2D eigenvalue weighted by molar-refractivity contribution is 5.95. The standard InChI is InChI=1S/C18H22FN3O2/c1-12-15(9-20-21(12)4)17(23)22-10-16(24-11-18(22,2)3)13-6-5-7-14(19)8-13/h5-9,16H,10-11H2,1-4H3. The molecule has 1 aromatic carbocycles. The maximum absolute atomic E-state index is 13.5. The van der Waals surface area contributed by atoms with Crippen LogP contribution in [0.4, 0.5) is 4.39 Å². The number of aromatic nitrogens is 2. The van der Waals surface area contributed by atoms with Gasteiger partial charge in [-0.15, -0.1) is 0 Å². The second-order valence-corrected chi connectivity index (χ2v) is 6.85. The van der Waals surface area contributed by atoms with Crippen LogP contribution < -0.4 is 0 Å². The SMILES string of the molecule is Cc1c(C(=O)N2CC(c3cccc(F)c3)OCC2(C)C)cnn1C. The smallest absolute Gasteiger partial charge is 0.257 e. The lowest BCUT2D eigenvalue weighted by atomic mass is 9.97. The molecule has 0 bridgehead atoms. The number of ether oxygens (including phenoxy) is 1. The Morgan fingerprint density at radius 2 is 2.17 bits per heavy atom. The van der Waals surface area contributed by atoms with Crippen molar-refractivity contribution in [2.24, 2.45) is 7.05 Å². The van der Waals surface area contributed by atoms with Gasteiger partial charge in [0.1, 0.15) is 11.9 Å². The van der Waals surface area contributed by atoms with Gasteiger partial charge >= 0.3 is 0 Å². The first-order chi connectivity index (χ1) is 11.3. The maximum Gasteiger partial charge on any atom is 0.257 e. The average molecular weight is 331 g/mol. The van der Waals surface area contributed by atoms with Crippen LogP contribution in [0.25, 0.3) is 0 Å². The zero-order chi connectivity index (χ0) is 17.5. The van der Waals surface area contributed by atoms with Gasteiger partial charge in [-0.05, 0) is 38.5 Å². The van der Waals surface area contributed by atoms with E-state index in [1.807, 2.05) is 33.9 Å². The molecule has 1 amide bonds. The van der Waals surface area contributed by atoms with Crippen molar-refractivity contribution >= 4 is 5.91 Å². The van der Waals surface area contributed by atoms with Gasteiger partial charge in [0.25, 0.3) is 5.91 Å². The highest BCUT2D eigenvalue weighted by Crippen LogP contribution is 2.32. The molecule has 3 rings (SSSR count). The topological polar surface area (TPSA) is 47.4 Å². The molecule has 1 aromatic heterocycles. The van der Waals surface area contributed by atoms with Gasteiger partial charge in [0.05, 0.1) is 30.5 Å². The first-order valence-electron chi connectivity index (χ1n) is 7.97. The monoisotopic (exact) mass is 331 g/mol. The summed E-state index contributed by atoms with van der Waals surface area (Å²) in [7, 11) is 1.81. The quantitative estimate of drug-likeness (QED) is 0.850. The summed E-state index contributed by atoms with van der Waals surface area (Å²) in [6, 6.07) is 6.34. The van der Waals surface area contributed by atoms with Crippen LogP contribution in [0.1, 0.15) is 41.6 Å². The van der Waals surface area contributed by atoms with E-state index in [1.54, 1.807) is 21.8 Å². The second-order valence-electron chi connectivity index (χ2n) is 6.85. The Bertz CT molecular complexity index is 769.